The maximum absolute atomic E-state index is 13.0. The van der Waals surface area contributed by atoms with Crippen molar-refractivity contribution in [3.63, 3.8) is 0 Å². The van der Waals surface area contributed by atoms with Crippen LogP contribution in [0.2, 0.25) is 5.02 Å². The Morgan fingerprint density at radius 2 is 1.87 bits per heavy atom. The van der Waals surface area contributed by atoms with Crippen molar-refractivity contribution in [1.82, 2.24) is 9.55 Å². The third-order valence-electron chi connectivity index (χ3n) is 4.47. The van der Waals surface area contributed by atoms with Gasteiger partial charge in [-0.15, -0.1) is 11.3 Å². The number of aryl methyl sites for hydroxylation is 1. The highest BCUT2D eigenvalue weighted by atomic mass is 35.5. The largest absolute Gasteiger partial charge is 0.493 e. The van der Waals surface area contributed by atoms with Gasteiger partial charge in [-0.2, -0.15) is 0 Å². The number of thioether (sulfide) groups is 1. The normalized spacial score (nSPS) is 11.1. The van der Waals surface area contributed by atoms with Gasteiger partial charge in [0.05, 0.1) is 12.1 Å². The molecule has 154 valence electrons. The highest BCUT2D eigenvalue weighted by Crippen LogP contribution is 2.22. The first-order valence-corrected chi connectivity index (χ1v) is 11.6. The predicted octanol–water partition coefficient (Wildman–Crippen LogP) is 5.66. The van der Waals surface area contributed by atoms with Crippen molar-refractivity contribution in [1.29, 1.82) is 0 Å². The van der Waals surface area contributed by atoms with Gasteiger partial charge in [-0.3, -0.25) is 9.36 Å². The van der Waals surface area contributed by atoms with E-state index in [1.807, 2.05) is 35.7 Å². The zero-order valence-corrected chi connectivity index (χ0v) is 18.3. The molecular weight excluding hydrogens is 443 g/mol. The van der Waals surface area contributed by atoms with Crippen molar-refractivity contribution in [3.05, 3.63) is 86.7 Å². The Balaban J connectivity index is 1.47. The molecule has 8 heteroatoms. The predicted molar refractivity (Wildman–Crippen MR) is 122 cm³/mol. The zero-order valence-electron chi connectivity index (χ0n) is 15.9. The maximum Gasteiger partial charge on any atom is 0.272 e. The monoisotopic (exact) mass is 460 g/mol. The fraction of sp³-hybridized carbons (Fsp3) is 0.182. The van der Waals surface area contributed by atoms with Crippen LogP contribution in [0.3, 0.4) is 0 Å². The molecule has 0 N–H and O–H groups in total. The van der Waals surface area contributed by atoms with E-state index in [-0.39, 0.29) is 11.4 Å². The zero-order chi connectivity index (χ0) is 20.9. The van der Waals surface area contributed by atoms with Crippen LogP contribution in [-0.2, 0) is 13.0 Å². The molecule has 2 heterocycles. The molecule has 0 atom stereocenters. The number of aromatic nitrogens is 2. The van der Waals surface area contributed by atoms with Crippen LogP contribution in [-0.4, -0.2) is 21.9 Å². The second kappa shape index (κ2) is 9.64. The number of halogens is 2. The molecule has 30 heavy (non-hydrogen) atoms. The molecule has 0 bridgehead atoms. The Morgan fingerprint density at radius 1 is 1.10 bits per heavy atom. The number of hydrogen-bond donors (Lipinski definition) is 0. The lowest BCUT2D eigenvalue weighted by Gasteiger charge is -2.12. The quantitative estimate of drug-likeness (QED) is 0.193. The number of fused-ring (bicyclic) bond motifs is 1. The molecule has 0 fully saturated rings. The van der Waals surface area contributed by atoms with E-state index in [9.17, 15) is 9.18 Å². The van der Waals surface area contributed by atoms with Crippen LogP contribution in [0.1, 0.15) is 5.56 Å². The molecule has 4 nitrogen and oxygen atoms in total. The van der Waals surface area contributed by atoms with Crippen molar-refractivity contribution in [3.8, 4) is 5.75 Å². The second-order valence-corrected chi connectivity index (χ2v) is 8.93. The molecule has 0 unspecified atom stereocenters. The fourth-order valence-electron chi connectivity index (χ4n) is 2.95. The minimum atomic E-state index is -0.297. The van der Waals surface area contributed by atoms with Crippen molar-refractivity contribution in [2.75, 3.05) is 12.4 Å². The summed E-state index contributed by atoms with van der Waals surface area (Å²) in [5.74, 6) is 0.925. The molecule has 0 aliphatic rings. The van der Waals surface area contributed by atoms with E-state index < -0.39 is 0 Å². The molecule has 0 saturated heterocycles. The number of benzene rings is 2. The van der Waals surface area contributed by atoms with Crippen molar-refractivity contribution < 1.29 is 9.13 Å². The van der Waals surface area contributed by atoms with E-state index in [0.717, 1.165) is 11.1 Å². The first-order chi connectivity index (χ1) is 14.6. The maximum atomic E-state index is 13.0. The van der Waals surface area contributed by atoms with Crippen LogP contribution in [0.15, 0.2) is 69.9 Å². The lowest BCUT2D eigenvalue weighted by molar-refractivity contribution is 0.343. The summed E-state index contributed by atoms with van der Waals surface area (Å²) in [5.41, 5.74) is 1.80. The van der Waals surface area contributed by atoms with Gasteiger partial charge in [0.15, 0.2) is 5.16 Å². The summed E-state index contributed by atoms with van der Waals surface area (Å²) in [5, 5.41) is 3.24. The molecule has 2 aromatic heterocycles. The molecule has 0 aliphatic carbocycles. The number of thiophene rings is 1. The number of hydrogen-bond acceptors (Lipinski definition) is 5. The molecule has 2 aromatic carbocycles. The van der Waals surface area contributed by atoms with E-state index in [2.05, 4.69) is 4.98 Å². The Morgan fingerprint density at radius 3 is 2.63 bits per heavy atom. The number of nitrogens with zero attached hydrogens (tertiary/aromatic N) is 2. The van der Waals surface area contributed by atoms with Crippen LogP contribution < -0.4 is 10.3 Å². The average molecular weight is 461 g/mol. The van der Waals surface area contributed by atoms with Crippen LogP contribution in [0, 0.1) is 5.82 Å². The van der Waals surface area contributed by atoms with Gasteiger partial charge in [0.2, 0.25) is 0 Å². The van der Waals surface area contributed by atoms with Gasteiger partial charge >= 0.3 is 0 Å². The standard InChI is InChI=1S/C22H18ClFN2O2S2/c23-16-3-1-15(2-4-16)9-11-26-21(27)20-19(10-13-29-20)25-22(26)30-14-12-28-18-7-5-17(24)6-8-18/h1-8,10,13H,9,11-12,14H2. The van der Waals surface area contributed by atoms with E-state index in [4.69, 9.17) is 16.3 Å². The summed E-state index contributed by atoms with van der Waals surface area (Å²) in [7, 11) is 0. The first kappa shape index (κ1) is 20.9. The average Bonchev–Trinajstić information content (AvgIpc) is 3.22. The summed E-state index contributed by atoms with van der Waals surface area (Å²) in [4.78, 5) is 17.7. The van der Waals surface area contributed by atoms with Crippen molar-refractivity contribution >= 4 is 44.9 Å². The van der Waals surface area contributed by atoms with Gasteiger partial charge in [-0.25, -0.2) is 9.37 Å². The van der Waals surface area contributed by atoms with E-state index >= 15 is 0 Å². The number of ether oxygens (including phenoxy) is 1. The van der Waals surface area contributed by atoms with Gasteiger partial charge in [0.1, 0.15) is 16.3 Å². The SMILES string of the molecule is O=c1c2sccc2nc(SCCOc2ccc(F)cc2)n1CCc1ccc(Cl)cc1. The van der Waals surface area contributed by atoms with Crippen LogP contribution >= 0.6 is 34.7 Å². The fourth-order valence-corrected chi connectivity index (χ4v) is 4.69. The second-order valence-electron chi connectivity index (χ2n) is 6.51. The molecule has 0 saturated carbocycles. The molecule has 0 radical (unpaired) electrons. The van der Waals surface area contributed by atoms with Gasteiger partial charge < -0.3 is 4.74 Å². The molecule has 0 amide bonds. The van der Waals surface area contributed by atoms with E-state index in [1.54, 1.807) is 16.7 Å². The molecule has 0 spiro atoms. The van der Waals surface area contributed by atoms with Crippen molar-refractivity contribution in [2.45, 2.75) is 18.1 Å². The lowest BCUT2D eigenvalue weighted by atomic mass is 10.1. The lowest BCUT2D eigenvalue weighted by Crippen LogP contribution is -2.24. The molecule has 4 aromatic rings. The Bertz CT molecular complexity index is 1190. The van der Waals surface area contributed by atoms with Gasteiger partial charge in [0.25, 0.3) is 5.56 Å². The van der Waals surface area contributed by atoms with Crippen LogP contribution in [0.25, 0.3) is 10.2 Å². The minimum absolute atomic E-state index is 0.0223. The third-order valence-corrected chi connectivity index (χ3v) is 6.55. The topological polar surface area (TPSA) is 44.1 Å². The van der Waals surface area contributed by atoms with Crippen LogP contribution in [0.4, 0.5) is 4.39 Å². The summed E-state index contributed by atoms with van der Waals surface area (Å²) in [6.45, 7) is 0.952. The molecular formula is C22H18ClFN2O2S2. The summed E-state index contributed by atoms with van der Waals surface area (Å²) < 4.78 is 21.0. The number of rotatable bonds is 8. The van der Waals surface area contributed by atoms with Crippen molar-refractivity contribution in [2.24, 2.45) is 0 Å². The van der Waals surface area contributed by atoms with Crippen LogP contribution in [0.5, 0.6) is 5.75 Å². The minimum Gasteiger partial charge on any atom is -0.493 e. The molecule has 0 aliphatic heterocycles. The Labute approximate surface area is 186 Å². The summed E-state index contributed by atoms with van der Waals surface area (Å²) in [6, 6.07) is 15.4. The highest BCUT2D eigenvalue weighted by molar-refractivity contribution is 7.99. The van der Waals surface area contributed by atoms with Gasteiger partial charge in [-0.1, -0.05) is 35.5 Å². The summed E-state index contributed by atoms with van der Waals surface area (Å²) >= 11 is 8.84. The Kier molecular flexibility index (Phi) is 6.72. The Hall–Kier alpha value is -2.35. The third kappa shape index (κ3) is 5.03. The van der Waals surface area contributed by atoms with Gasteiger partial charge in [-0.05, 0) is 59.8 Å². The first-order valence-electron chi connectivity index (χ1n) is 9.34. The summed E-state index contributed by atoms with van der Waals surface area (Å²) in [6.07, 6.45) is 0.704. The molecule has 4 rings (SSSR count). The van der Waals surface area contributed by atoms with Gasteiger partial charge in [0, 0.05) is 17.3 Å². The van der Waals surface area contributed by atoms with E-state index in [0.29, 0.717) is 46.0 Å². The smallest absolute Gasteiger partial charge is 0.272 e. The van der Waals surface area contributed by atoms with E-state index in [1.165, 1.54) is 35.2 Å². The highest BCUT2D eigenvalue weighted by Gasteiger charge is 2.13.